The molecule has 0 aliphatic heterocycles. The molecule has 1 heterocycles. The summed E-state index contributed by atoms with van der Waals surface area (Å²) in [6.07, 6.45) is 2.65. The molecule has 5 heteroatoms. The first-order valence-corrected chi connectivity index (χ1v) is 7.07. The van der Waals surface area contributed by atoms with Gasteiger partial charge >= 0.3 is 0 Å². The van der Waals surface area contributed by atoms with Crippen molar-refractivity contribution in [2.24, 2.45) is 5.73 Å². The third kappa shape index (κ3) is 3.68. The van der Waals surface area contributed by atoms with Crippen molar-refractivity contribution in [3.63, 3.8) is 0 Å². The van der Waals surface area contributed by atoms with Gasteiger partial charge in [0.1, 0.15) is 4.99 Å². The van der Waals surface area contributed by atoms with E-state index in [-0.39, 0.29) is 0 Å². The van der Waals surface area contributed by atoms with Crippen molar-refractivity contribution in [3.8, 4) is 0 Å². The molecule has 2 rings (SSSR count). The number of benzene rings is 1. The van der Waals surface area contributed by atoms with Crippen LogP contribution in [0.4, 0.5) is 5.69 Å². The molecule has 0 saturated carbocycles. The zero-order valence-electron chi connectivity index (χ0n) is 11.2. The quantitative estimate of drug-likeness (QED) is 0.862. The maximum atomic E-state index is 6.06. The highest BCUT2D eigenvalue weighted by Crippen LogP contribution is 2.24. The number of thiocarbonyl (C=S) groups is 1. The van der Waals surface area contributed by atoms with Crippen molar-refractivity contribution in [1.29, 1.82) is 0 Å². The van der Waals surface area contributed by atoms with Crippen LogP contribution in [0.25, 0.3) is 0 Å². The predicted molar refractivity (Wildman–Crippen MR) is 88.6 cm³/mol. The first kappa shape index (κ1) is 14.8. The minimum Gasteiger partial charge on any atom is -0.389 e. The van der Waals surface area contributed by atoms with Crippen LogP contribution in [-0.2, 0) is 6.42 Å². The summed E-state index contributed by atoms with van der Waals surface area (Å²) < 4.78 is 0. The normalized spacial score (nSPS) is 10.3. The summed E-state index contributed by atoms with van der Waals surface area (Å²) in [5.41, 5.74) is 8.60. The number of halogens is 1. The second-order valence-electron chi connectivity index (χ2n) is 4.52. The van der Waals surface area contributed by atoms with Gasteiger partial charge in [-0.3, -0.25) is 4.98 Å². The van der Waals surface area contributed by atoms with Crippen molar-refractivity contribution in [2.45, 2.75) is 6.42 Å². The van der Waals surface area contributed by atoms with Gasteiger partial charge in [0, 0.05) is 48.2 Å². The summed E-state index contributed by atoms with van der Waals surface area (Å²) in [6, 6.07) is 11.5. The minimum atomic E-state index is 0.376. The molecule has 0 bridgehead atoms. The number of hydrogen-bond acceptors (Lipinski definition) is 3. The smallest absolute Gasteiger partial charge is 0.106 e. The van der Waals surface area contributed by atoms with Crippen LogP contribution in [0.15, 0.2) is 42.6 Å². The molecule has 0 atom stereocenters. The summed E-state index contributed by atoms with van der Waals surface area (Å²) in [5.74, 6) is 0. The van der Waals surface area contributed by atoms with Gasteiger partial charge in [-0.2, -0.15) is 0 Å². The van der Waals surface area contributed by atoms with Gasteiger partial charge < -0.3 is 10.6 Å². The Morgan fingerprint density at radius 1 is 1.35 bits per heavy atom. The fourth-order valence-corrected chi connectivity index (χ4v) is 2.32. The maximum absolute atomic E-state index is 6.06. The highest BCUT2D eigenvalue weighted by molar-refractivity contribution is 7.80. The van der Waals surface area contributed by atoms with Crippen LogP contribution >= 0.6 is 23.8 Å². The van der Waals surface area contributed by atoms with E-state index in [9.17, 15) is 0 Å². The molecule has 0 saturated heterocycles. The van der Waals surface area contributed by atoms with Crippen molar-refractivity contribution >= 4 is 34.5 Å². The summed E-state index contributed by atoms with van der Waals surface area (Å²) in [7, 11) is 2.00. The van der Waals surface area contributed by atoms with Gasteiger partial charge in [0.15, 0.2) is 0 Å². The molecular weight excluding hydrogens is 290 g/mol. The minimum absolute atomic E-state index is 0.376. The van der Waals surface area contributed by atoms with Gasteiger partial charge in [-0.05, 0) is 30.3 Å². The Kier molecular flexibility index (Phi) is 4.93. The second-order valence-corrected chi connectivity index (χ2v) is 5.39. The molecule has 0 spiro atoms. The monoisotopic (exact) mass is 305 g/mol. The molecule has 2 N–H and O–H groups in total. The largest absolute Gasteiger partial charge is 0.389 e. The molecule has 2 aromatic rings. The number of aromatic nitrogens is 1. The van der Waals surface area contributed by atoms with Gasteiger partial charge in [0.25, 0.3) is 0 Å². The van der Waals surface area contributed by atoms with Crippen molar-refractivity contribution in [2.75, 3.05) is 18.5 Å². The Morgan fingerprint density at radius 2 is 2.15 bits per heavy atom. The zero-order valence-corrected chi connectivity index (χ0v) is 12.8. The molecule has 104 valence electrons. The number of nitrogens with two attached hydrogens (primary N) is 1. The van der Waals surface area contributed by atoms with Crippen LogP contribution in [0.3, 0.4) is 0 Å². The van der Waals surface area contributed by atoms with Gasteiger partial charge in [-0.15, -0.1) is 0 Å². The molecule has 0 aliphatic carbocycles. The number of likely N-dealkylation sites (N-methyl/N-ethyl adjacent to an activating group) is 1. The Bertz CT molecular complexity index is 601. The summed E-state index contributed by atoms with van der Waals surface area (Å²) in [5, 5.41) is 0.671. The van der Waals surface area contributed by atoms with E-state index in [2.05, 4.69) is 9.88 Å². The molecule has 20 heavy (non-hydrogen) atoms. The SMILES string of the molecule is CN(CCc1ccccn1)c1cc(Cl)ccc1C(N)=S. The lowest BCUT2D eigenvalue weighted by Gasteiger charge is -2.22. The third-order valence-electron chi connectivity index (χ3n) is 3.07. The molecule has 1 aromatic heterocycles. The molecule has 1 aromatic carbocycles. The van der Waals surface area contributed by atoms with E-state index in [0.29, 0.717) is 10.0 Å². The predicted octanol–water partition coefficient (Wildman–Crippen LogP) is 3.05. The van der Waals surface area contributed by atoms with Gasteiger partial charge in [0.2, 0.25) is 0 Å². The van der Waals surface area contributed by atoms with E-state index in [1.54, 1.807) is 12.3 Å². The third-order valence-corrected chi connectivity index (χ3v) is 3.52. The lowest BCUT2D eigenvalue weighted by atomic mass is 10.1. The van der Waals surface area contributed by atoms with Crippen LogP contribution < -0.4 is 10.6 Å². The number of pyridine rings is 1. The van der Waals surface area contributed by atoms with Crippen LogP contribution in [0.1, 0.15) is 11.3 Å². The molecule has 0 amide bonds. The van der Waals surface area contributed by atoms with Crippen LogP contribution in [0.5, 0.6) is 0 Å². The van der Waals surface area contributed by atoms with E-state index in [1.165, 1.54) is 0 Å². The number of nitrogens with zero attached hydrogens (tertiary/aromatic N) is 2. The zero-order chi connectivity index (χ0) is 14.5. The summed E-state index contributed by atoms with van der Waals surface area (Å²) in [6.45, 7) is 0.812. The number of anilines is 1. The first-order chi connectivity index (χ1) is 9.58. The van der Waals surface area contributed by atoms with Gasteiger partial charge in [-0.1, -0.05) is 29.9 Å². The molecule has 0 fully saturated rings. The average Bonchev–Trinajstić information content (AvgIpc) is 2.45. The Balaban J connectivity index is 2.14. The van der Waals surface area contributed by atoms with E-state index in [4.69, 9.17) is 29.6 Å². The fourth-order valence-electron chi connectivity index (χ4n) is 1.98. The highest BCUT2D eigenvalue weighted by atomic mass is 35.5. The van der Waals surface area contributed by atoms with Crippen molar-refractivity contribution in [1.82, 2.24) is 4.98 Å². The maximum Gasteiger partial charge on any atom is 0.106 e. The van der Waals surface area contributed by atoms with E-state index in [1.807, 2.05) is 37.4 Å². The molecule has 0 unspecified atom stereocenters. The standard InChI is InChI=1S/C15H16ClN3S/c1-19(9-7-12-4-2-3-8-18-12)14-10-11(16)5-6-13(14)15(17)20/h2-6,8,10H,7,9H2,1H3,(H2,17,20). The number of hydrogen-bond donors (Lipinski definition) is 1. The molecule has 0 radical (unpaired) electrons. The summed E-state index contributed by atoms with van der Waals surface area (Å²) >= 11 is 11.1. The Labute approximate surface area is 129 Å². The molecular formula is C15H16ClN3S. The first-order valence-electron chi connectivity index (χ1n) is 6.28. The number of rotatable bonds is 5. The van der Waals surface area contributed by atoms with Crippen molar-refractivity contribution < 1.29 is 0 Å². The second kappa shape index (κ2) is 6.68. The van der Waals surface area contributed by atoms with Crippen molar-refractivity contribution in [3.05, 3.63) is 58.9 Å². The Morgan fingerprint density at radius 3 is 2.80 bits per heavy atom. The van der Waals surface area contributed by atoms with E-state index in [0.717, 1.165) is 29.9 Å². The topological polar surface area (TPSA) is 42.2 Å². The van der Waals surface area contributed by atoms with Crippen LogP contribution in [0.2, 0.25) is 5.02 Å². The van der Waals surface area contributed by atoms with E-state index < -0.39 is 0 Å². The summed E-state index contributed by atoms with van der Waals surface area (Å²) in [4.78, 5) is 6.78. The van der Waals surface area contributed by atoms with Gasteiger partial charge in [-0.25, -0.2) is 0 Å². The molecule has 3 nitrogen and oxygen atoms in total. The van der Waals surface area contributed by atoms with Crippen LogP contribution in [0, 0.1) is 0 Å². The Hall–Kier alpha value is -1.65. The lowest BCUT2D eigenvalue weighted by Crippen LogP contribution is -2.24. The molecule has 0 aliphatic rings. The van der Waals surface area contributed by atoms with Crippen LogP contribution in [-0.4, -0.2) is 23.6 Å². The average molecular weight is 306 g/mol. The van der Waals surface area contributed by atoms with E-state index >= 15 is 0 Å². The lowest BCUT2D eigenvalue weighted by molar-refractivity contribution is 0.852. The van der Waals surface area contributed by atoms with Gasteiger partial charge in [0.05, 0.1) is 0 Å². The fraction of sp³-hybridized carbons (Fsp3) is 0.200. The highest BCUT2D eigenvalue weighted by Gasteiger charge is 2.10.